The van der Waals surface area contributed by atoms with Crippen LogP contribution in [0.3, 0.4) is 0 Å². The molecule has 4 heteroatoms. The van der Waals surface area contributed by atoms with E-state index in [1.165, 1.54) is 17.7 Å². The zero-order valence-electron chi connectivity index (χ0n) is 10.3. The minimum absolute atomic E-state index is 0.162. The maximum atomic E-state index is 8.65. The number of oxime groups is 1. The van der Waals surface area contributed by atoms with Crippen LogP contribution in [0.4, 0.5) is 5.69 Å². The molecule has 1 aromatic rings. The van der Waals surface area contributed by atoms with Crippen molar-refractivity contribution in [1.82, 2.24) is 0 Å². The van der Waals surface area contributed by atoms with Crippen LogP contribution in [0.25, 0.3) is 0 Å². The first-order chi connectivity index (χ1) is 8.11. The van der Waals surface area contributed by atoms with E-state index < -0.39 is 0 Å². The molecular weight excluding hydrogens is 214 g/mol. The van der Waals surface area contributed by atoms with Crippen LogP contribution in [0, 0.1) is 12.8 Å². The lowest BCUT2D eigenvalue weighted by molar-refractivity contribution is 0.318. The van der Waals surface area contributed by atoms with E-state index in [2.05, 4.69) is 30.0 Å². The van der Waals surface area contributed by atoms with Gasteiger partial charge in [-0.1, -0.05) is 12.1 Å². The molecule has 0 saturated carbocycles. The molecule has 92 valence electrons. The summed E-state index contributed by atoms with van der Waals surface area (Å²) < 4.78 is 0. The maximum Gasteiger partial charge on any atom is 0.170 e. The summed E-state index contributed by atoms with van der Waals surface area (Å²) in [6.07, 6.45) is 1.25. The molecule has 2 rings (SSSR count). The van der Waals surface area contributed by atoms with Crippen LogP contribution in [-0.2, 0) is 0 Å². The van der Waals surface area contributed by atoms with Crippen LogP contribution < -0.4 is 10.6 Å². The molecule has 1 heterocycles. The Kier molecular flexibility index (Phi) is 3.22. The molecule has 0 aliphatic carbocycles. The number of rotatable bonds is 2. The summed E-state index contributed by atoms with van der Waals surface area (Å²) in [6, 6.07) is 5.93. The summed E-state index contributed by atoms with van der Waals surface area (Å²) in [4.78, 5) is 2.40. The number of amidine groups is 1. The van der Waals surface area contributed by atoms with Gasteiger partial charge < -0.3 is 15.8 Å². The lowest BCUT2D eigenvalue weighted by atomic mass is 10.1. The van der Waals surface area contributed by atoms with Gasteiger partial charge in [-0.3, -0.25) is 0 Å². The minimum Gasteiger partial charge on any atom is -0.409 e. The summed E-state index contributed by atoms with van der Waals surface area (Å²) >= 11 is 0. The van der Waals surface area contributed by atoms with Gasteiger partial charge >= 0.3 is 0 Å². The summed E-state index contributed by atoms with van der Waals surface area (Å²) in [6.45, 7) is 6.57. The Morgan fingerprint density at radius 3 is 2.82 bits per heavy atom. The van der Waals surface area contributed by atoms with Gasteiger partial charge in [0.1, 0.15) is 0 Å². The third kappa shape index (κ3) is 2.35. The molecular formula is C13H19N3O. The first kappa shape index (κ1) is 11.8. The third-order valence-electron chi connectivity index (χ3n) is 3.36. The topological polar surface area (TPSA) is 61.9 Å². The number of nitrogens with zero attached hydrogens (tertiary/aromatic N) is 2. The second-order valence-corrected chi connectivity index (χ2v) is 4.83. The van der Waals surface area contributed by atoms with E-state index in [0.29, 0.717) is 0 Å². The second kappa shape index (κ2) is 4.65. The quantitative estimate of drug-likeness (QED) is 0.355. The Morgan fingerprint density at radius 2 is 2.29 bits per heavy atom. The summed E-state index contributed by atoms with van der Waals surface area (Å²) in [7, 11) is 0. The molecule has 4 nitrogen and oxygen atoms in total. The van der Waals surface area contributed by atoms with Crippen molar-refractivity contribution >= 4 is 11.5 Å². The van der Waals surface area contributed by atoms with Crippen LogP contribution in [0.5, 0.6) is 0 Å². The highest BCUT2D eigenvalue weighted by atomic mass is 16.4. The lowest BCUT2D eigenvalue weighted by Gasteiger charge is -2.21. The smallest absolute Gasteiger partial charge is 0.170 e. The molecule has 1 aromatic carbocycles. The van der Waals surface area contributed by atoms with Gasteiger partial charge in [0.25, 0.3) is 0 Å². The molecule has 1 aliphatic heterocycles. The number of benzene rings is 1. The average Bonchev–Trinajstić information content (AvgIpc) is 2.74. The highest BCUT2D eigenvalue weighted by Crippen LogP contribution is 2.27. The van der Waals surface area contributed by atoms with Gasteiger partial charge in [0.15, 0.2) is 5.84 Å². The summed E-state index contributed by atoms with van der Waals surface area (Å²) in [5.74, 6) is 0.924. The third-order valence-corrected chi connectivity index (χ3v) is 3.36. The second-order valence-electron chi connectivity index (χ2n) is 4.83. The Balaban J connectivity index is 2.26. The molecule has 0 bridgehead atoms. The number of aryl methyl sites for hydroxylation is 1. The van der Waals surface area contributed by atoms with Crippen molar-refractivity contribution in [3.8, 4) is 0 Å². The monoisotopic (exact) mass is 233 g/mol. The normalized spacial score (nSPS) is 20.9. The summed E-state index contributed by atoms with van der Waals surface area (Å²) in [5.41, 5.74) is 8.76. The Hall–Kier alpha value is -1.71. The Morgan fingerprint density at radius 1 is 1.53 bits per heavy atom. The predicted molar refractivity (Wildman–Crippen MR) is 69.7 cm³/mol. The van der Waals surface area contributed by atoms with E-state index >= 15 is 0 Å². The zero-order valence-corrected chi connectivity index (χ0v) is 10.3. The van der Waals surface area contributed by atoms with Crippen LogP contribution in [0.15, 0.2) is 23.4 Å². The number of nitrogens with two attached hydrogens (primary N) is 1. The summed E-state index contributed by atoms with van der Waals surface area (Å²) in [5, 5.41) is 11.7. The van der Waals surface area contributed by atoms with Crippen LogP contribution in [0.2, 0.25) is 0 Å². The molecule has 0 amide bonds. The predicted octanol–water partition coefficient (Wildman–Crippen LogP) is 1.94. The van der Waals surface area contributed by atoms with E-state index in [1.54, 1.807) is 0 Å². The SMILES string of the molecule is Cc1cc(/C(N)=N/O)ccc1N1CCC(C)C1. The maximum absolute atomic E-state index is 8.65. The van der Waals surface area contributed by atoms with Gasteiger partial charge in [-0.25, -0.2) is 0 Å². The first-order valence-electron chi connectivity index (χ1n) is 5.95. The van der Waals surface area contributed by atoms with Crippen molar-refractivity contribution < 1.29 is 5.21 Å². The van der Waals surface area contributed by atoms with Gasteiger partial charge in [0, 0.05) is 24.3 Å². The van der Waals surface area contributed by atoms with Crippen LogP contribution >= 0.6 is 0 Å². The van der Waals surface area contributed by atoms with Gasteiger partial charge in [-0.15, -0.1) is 0 Å². The highest BCUT2D eigenvalue weighted by Gasteiger charge is 2.20. The van der Waals surface area contributed by atoms with Crippen molar-refractivity contribution in [2.45, 2.75) is 20.3 Å². The molecule has 0 spiro atoms. The first-order valence-corrected chi connectivity index (χ1v) is 5.95. The fourth-order valence-corrected chi connectivity index (χ4v) is 2.38. The van der Waals surface area contributed by atoms with Crippen LogP contribution in [0.1, 0.15) is 24.5 Å². The molecule has 1 atom stereocenters. The van der Waals surface area contributed by atoms with E-state index in [1.807, 2.05) is 12.1 Å². The molecule has 1 fully saturated rings. The number of hydrogen-bond acceptors (Lipinski definition) is 3. The zero-order chi connectivity index (χ0) is 12.4. The number of hydrogen-bond donors (Lipinski definition) is 2. The minimum atomic E-state index is 0.162. The molecule has 1 unspecified atom stereocenters. The number of anilines is 1. The largest absolute Gasteiger partial charge is 0.409 e. The van der Waals surface area contributed by atoms with Gasteiger partial charge in [-0.05, 0) is 43.0 Å². The van der Waals surface area contributed by atoms with Crippen LogP contribution in [-0.4, -0.2) is 24.1 Å². The van der Waals surface area contributed by atoms with Crippen molar-refractivity contribution in [3.63, 3.8) is 0 Å². The van der Waals surface area contributed by atoms with Crippen molar-refractivity contribution in [1.29, 1.82) is 0 Å². The van der Waals surface area contributed by atoms with E-state index in [4.69, 9.17) is 10.9 Å². The molecule has 1 aliphatic rings. The van der Waals surface area contributed by atoms with E-state index in [0.717, 1.165) is 24.6 Å². The Bertz CT molecular complexity index is 442. The van der Waals surface area contributed by atoms with Crippen molar-refractivity contribution in [3.05, 3.63) is 29.3 Å². The average molecular weight is 233 g/mol. The fraction of sp³-hybridized carbons (Fsp3) is 0.462. The standard InChI is InChI=1S/C13H19N3O/c1-9-5-6-16(8-9)12-4-3-11(7-10(12)2)13(14)15-17/h3-4,7,9,17H,5-6,8H2,1-2H3,(H2,14,15). The van der Waals surface area contributed by atoms with Crippen molar-refractivity contribution in [2.75, 3.05) is 18.0 Å². The molecule has 3 N–H and O–H groups in total. The molecule has 0 radical (unpaired) electrons. The molecule has 17 heavy (non-hydrogen) atoms. The van der Waals surface area contributed by atoms with Gasteiger partial charge in [0.05, 0.1) is 0 Å². The Labute approximate surface area is 102 Å². The van der Waals surface area contributed by atoms with Gasteiger partial charge in [0.2, 0.25) is 0 Å². The fourth-order valence-electron chi connectivity index (χ4n) is 2.38. The van der Waals surface area contributed by atoms with Crippen molar-refractivity contribution in [2.24, 2.45) is 16.8 Å². The molecule has 0 aromatic heterocycles. The van der Waals surface area contributed by atoms with Gasteiger partial charge in [-0.2, -0.15) is 0 Å². The lowest BCUT2D eigenvalue weighted by Crippen LogP contribution is -2.20. The van der Waals surface area contributed by atoms with E-state index in [9.17, 15) is 0 Å². The van der Waals surface area contributed by atoms with E-state index in [-0.39, 0.29) is 5.84 Å². The molecule has 1 saturated heterocycles. The highest BCUT2D eigenvalue weighted by molar-refractivity contribution is 5.97.